The molecule has 0 fully saturated rings. The molecule has 6 nitrogen and oxygen atoms in total. The summed E-state index contributed by atoms with van der Waals surface area (Å²) in [4.78, 5) is 0.0804. The Morgan fingerprint density at radius 1 is 1.12 bits per heavy atom. The molecule has 0 unspecified atom stereocenters. The zero-order valence-electron chi connectivity index (χ0n) is 8.41. The minimum absolute atomic E-state index is 0.0804. The Hall–Kier alpha value is -0.230. The average molecular weight is 392 g/mol. The Labute approximate surface area is 113 Å². The maximum Gasteiger partial charge on any atom is 0.397 e. The second-order valence-electron chi connectivity index (χ2n) is 3.02. The van der Waals surface area contributed by atoms with Gasteiger partial charge in [-0.2, -0.15) is 8.42 Å². The number of rotatable bonds is 5. The molecule has 1 aromatic carbocycles. The topological polar surface area (TPSA) is 97.7 Å². The van der Waals surface area contributed by atoms with Crippen molar-refractivity contribution in [3.63, 3.8) is 0 Å². The maximum atomic E-state index is 11.7. The molecule has 9 heteroatoms. The highest BCUT2D eigenvalue weighted by molar-refractivity contribution is 14.1. The van der Waals surface area contributed by atoms with E-state index < -0.39 is 32.6 Å². The van der Waals surface area contributed by atoms with Gasteiger partial charge in [-0.1, -0.05) is 0 Å². The van der Waals surface area contributed by atoms with Crippen LogP contribution in [0, 0.1) is 3.57 Å². The van der Waals surface area contributed by atoms with E-state index in [4.69, 9.17) is 4.55 Å². The number of benzene rings is 1. The van der Waals surface area contributed by atoms with E-state index in [1.807, 2.05) is 22.6 Å². The molecule has 0 atom stereocenters. The van der Waals surface area contributed by atoms with Crippen molar-refractivity contribution in [2.45, 2.75) is 4.90 Å². The third-order valence-corrected chi connectivity index (χ3v) is 4.64. The zero-order valence-corrected chi connectivity index (χ0v) is 12.2. The van der Waals surface area contributed by atoms with Gasteiger partial charge in [0.1, 0.15) is 0 Å². The van der Waals surface area contributed by atoms with Crippen molar-refractivity contribution >= 4 is 42.8 Å². The lowest BCUT2D eigenvalue weighted by atomic mass is 10.4. The number of hydrogen-bond donors (Lipinski definition) is 1. The van der Waals surface area contributed by atoms with Crippen molar-refractivity contribution in [2.24, 2.45) is 0 Å². The fourth-order valence-corrected chi connectivity index (χ4v) is 2.86. The number of sulfone groups is 1. The highest BCUT2D eigenvalue weighted by Crippen LogP contribution is 2.13. The molecule has 0 saturated heterocycles. The normalized spacial score (nSPS) is 12.6. The fourth-order valence-electron chi connectivity index (χ4n) is 1.01. The summed E-state index contributed by atoms with van der Waals surface area (Å²) in [5.41, 5.74) is 0. The van der Waals surface area contributed by atoms with Gasteiger partial charge in [-0.3, -0.25) is 4.55 Å². The van der Waals surface area contributed by atoms with Gasteiger partial charge in [0, 0.05) is 3.57 Å². The molecule has 1 rings (SSSR count). The van der Waals surface area contributed by atoms with Gasteiger partial charge in [0.05, 0.1) is 17.3 Å². The summed E-state index contributed by atoms with van der Waals surface area (Å²) in [7, 11) is -8.20. The van der Waals surface area contributed by atoms with E-state index in [2.05, 4.69) is 4.18 Å². The van der Waals surface area contributed by atoms with Crippen LogP contribution in [0.1, 0.15) is 0 Å². The lowest BCUT2D eigenvalue weighted by molar-refractivity contribution is 0.284. The van der Waals surface area contributed by atoms with Gasteiger partial charge in [0.15, 0.2) is 9.84 Å². The first-order chi connectivity index (χ1) is 7.71. The van der Waals surface area contributed by atoms with Crippen molar-refractivity contribution in [1.82, 2.24) is 0 Å². The zero-order chi connectivity index (χ0) is 13.1. The van der Waals surface area contributed by atoms with E-state index >= 15 is 0 Å². The third kappa shape index (κ3) is 5.29. The second-order valence-corrected chi connectivity index (χ2v) is 7.47. The van der Waals surface area contributed by atoms with Crippen molar-refractivity contribution < 1.29 is 25.6 Å². The molecule has 0 aliphatic carbocycles. The van der Waals surface area contributed by atoms with Crippen LogP contribution in [0.3, 0.4) is 0 Å². The average Bonchev–Trinajstić information content (AvgIpc) is 2.15. The quantitative estimate of drug-likeness (QED) is 0.591. The van der Waals surface area contributed by atoms with Crippen LogP contribution in [0.15, 0.2) is 29.2 Å². The van der Waals surface area contributed by atoms with Crippen LogP contribution in [0.4, 0.5) is 0 Å². The smallest absolute Gasteiger partial charge is 0.264 e. The standard InChI is InChI=1S/C8H9IO6S2/c9-7-1-3-8(4-2-7)16(10,11)6-5-15-17(12,13)14/h1-4H,5-6H2,(H,12,13,14). The molecule has 0 aromatic heterocycles. The second kappa shape index (κ2) is 5.61. The Kier molecular flexibility index (Phi) is 4.89. The maximum absolute atomic E-state index is 11.7. The summed E-state index contributed by atoms with van der Waals surface area (Å²) < 4.78 is 56.9. The molecular weight excluding hydrogens is 383 g/mol. The van der Waals surface area contributed by atoms with Crippen molar-refractivity contribution in [3.05, 3.63) is 27.8 Å². The molecule has 96 valence electrons. The van der Waals surface area contributed by atoms with E-state index in [1.165, 1.54) is 12.1 Å². The van der Waals surface area contributed by atoms with Crippen molar-refractivity contribution in [1.29, 1.82) is 0 Å². The molecule has 0 saturated carbocycles. The summed E-state index contributed by atoms with van der Waals surface area (Å²) in [6, 6.07) is 6.09. The van der Waals surface area contributed by atoms with Gasteiger partial charge in [-0.05, 0) is 46.9 Å². The van der Waals surface area contributed by atoms with Crippen LogP contribution in [0.2, 0.25) is 0 Å². The molecule has 0 aliphatic rings. The van der Waals surface area contributed by atoms with Crippen LogP contribution in [0.5, 0.6) is 0 Å². The van der Waals surface area contributed by atoms with Crippen LogP contribution >= 0.6 is 22.6 Å². The molecule has 0 aliphatic heterocycles. The predicted octanol–water partition coefficient (Wildman–Crippen LogP) is 0.884. The molecule has 0 bridgehead atoms. The van der Waals surface area contributed by atoms with Gasteiger partial charge in [-0.25, -0.2) is 12.6 Å². The highest BCUT2D eigenvalue weighted by Gasteiger charge is 2.16. The SMILES string of the molecule is O=S(=O)(O)OCCS(=O)(=O)c1ccc(I)cc1. The molecule has 17 heavy (non-hydrogen) atoms. The summed E-state index contributed by atoms with van der Waals surface area (Å²) in [6.45, 7) is -0.618. The number of halogens is 1. The Morgan fingerprint density at radius 2 is 1.65 bits per heavy atom. The van der Waals surface area contributed by atoms with Crippen molar-refractivity contribution in [2.75, 3.05) is 12.4 Å². The van der Waals surface area contributed by atoms with Crippen LogP contribution in [-0.2, 0) is 24.4 Å². The minimum Gasteiger partial charge on any atom is -0.264 e. The van der Waals surface area contributed by atoms with Crippen LogP contribution in [0.25, 0.3) is 0 Å². The summed E-state index contributed by atoms with van der Waals surface area (Å²) >= 11 is 2.03. The van der Waals surface area contributed by atoms with E-state index in [0.717, 1.165) is 3.57 Å². The molecule has 0 spiro atoms. The monoisotopic (exact) mass is 392 g/mol. The number of hydrogen-bond acceptors (Lipinski definition) is 5. The first-order valence-corrected chi connectivity index (χ1v) is 8.40. The molecule has 1 aromatic rings. The van der Waals surface area contributed by atoms with Gasteiger partial charge in [0.2, 0.25) is 0 Å². The van der Waals surface area contributed by atoms with Gasteiger partial charge in [0.25, 0.3) is 0 Å². The Bertz CT molecular complexity index is 575. The molecule has 0 heterocycles. The lowest BCUT2D eigenvalue weighted by Gasteiger charge is -2.04. The summed E-state index contributed by atoms with van der Waals surface area (Å²) in [6.07, 6.45) is 0. The summed E-state index contributed by atoms with van der Waals surface area (Å²) in [5, 5.41) is 0. The fraction of sp³-hybridized carbons (Fsp3) is 0.250. The van der Waals surface area contributed by atoms with Crippen molar-refractivity contribution in [3.8, 4) is 0 Å². The third-order valence-electron chi connectivity index (χ3n) is 1.76. The Morgan fingerprint density at radius 3 is 2.12 bits per heavy atom. The van der Waals surface area contributed by atoms with E-state index in [0.29, 0.717) is 0 Å². The first kappa shape index (κ1) is 14.8. The van der Waals surface area contributed by atoms with Gasteiger partial charge < -0.3 is 0 Å². The van der Waals surface area contributed by atoms with Gasteiger partial charge >= 0.3 is 10.4 Å². The highest BCUT2D eigenvalue weighted by atomic mass is 127. The van der Waals surface area contributed by atoms with E-state index in [1.54, 1.807) is 12.1 Å². The molecule has 1 N–H and O–H groups in total. The predicted molar refractivity (Wildman–Crippen MR) is 68.7 cm³/mol. The Balaban J connectivity index is 2.73. The largest absolute Gasteiger partial charge is 0.397 e. The van der Waals surface area contributed by atoms with Crippen LogP contribution < -0.4 is 0 Å². The summed E-state index contributed by atoms with van der Waals surface area (Å²) in [5.74, 6) is -0.520. The van der Waals surface area contributed by atoms with Gasteiger partial charge in [-0.15, -0.1) is 0 Å². The van der Waals surface area contributed by atoms with E-state index in [-0.39, 0.29) is 4.90 Å². The first-order valence-electron chi connectivity index (χ1n) is 4.31. The molecular formula is C8H9IO6S2. The molecule has 0 radical (unpaired) electrons. The lowest BCUT2D eigenvalue weighted by Crippen LogP contribution is -2.15. The van der Waals surface area contributed by atoms with Crippen LogP contribution in [-0.4, -0.2) is 33.7 Å². The minimum atomic E-state index is -4.60. The van der Waals surface area contributed by atoms with E-state index in [9.17, 15) is 16.8 Å². The molecule has 0 amide bonds.